The molecular formula is C15H14ClFIN3O2. The van der Waals surface area contributed by atoms with Gasteiger partial charge in [-0.3, -0.25) is 0 Å². The maximum Gasteiger partial charge on any atom is 0.333 e. The second-order valence-electron chi connectivity index (χ2n) is 5.09. The molecule has 0 spiro atoms. The number of aliphatic carboxylic acids is 1. The first-order valence-electron chi connectivity index (χ1n) is 6.62. The molecule has 1 aliphatic carbocycles. The number of aryl methyl sites for hydroxylation is 1. The van der Waals surface area contributed by atoms with Crippen LogP contribution in [-0.4, -0.2) is 27.1 Å². The number of rotatable bonds is 3. The second kappa shape index (κ2) is 6.88. The van der Waals surface area contributed by atoms with Crippen molar-refractivity contribution in [2.75, 3.05) is 5.32 Å². The van der Waals surface area contributed by atoms with E-state index in [-0.39, 0.29) is 18.0 Å². The van der Waals surface area contributed by atoms with E-state index in [4.69, 9.17) is 0 Å². The highest BCUT2D eigenvalue weighted by atomic mass is 127. The van der Waals surface area contributed by atoms with Crippen molar-refractivity contribution in [3.05, 3.63) is 50.6 Å². The number of nitrogens with zero attached hydrogens (tertiary/aromatic N) is 1. The van der Waals surface area contributed by atoms with Crippen molar-refractivity contribution < 1.29 is 14.3 Å². The summed E-state index contributed by atoms with van der Waals surface area (Å²) in [6, 6.07) is 4.69. The van der Waals surface area contributed by atoms with Gasteiger partial charge in [-0.15, -0.1) is 12.4 Å². The van der Waals surface area contributed by atoms with Gasteiger partial charge in [0.05, 0.1) is 29.3 Å². The number of carboxylic acids is 1. The number of H-pyrrole nitrogens is 1. The molecule has 3 N–H and O–H groups in total. The quantitative estimate of drug-likeness (QED) is 0.624. The summed E-state index contributed by atoms with van der Waals surface area (Å²) < 4.78 is 15.8. The number of carboxylic acid groups (broad SMARTS) is 1. The van der Waals surface area contributed by atoms with Gasteiger partial charge in [-0.05, 0) is 59.4 Å². The molecule has 0 aliphatic heterocycles. The predicted octanol–water partition coefficient (Wildman–Crippen LogP) is 3.72. The van der Waals surface area contributed by atoms with E-state index in [0.717, 1.165) is 9.13 Å². The lowest BCUT2D eigenvalue weighted by molar-refractivity contribution is -0.133. The van der Waals surface area contributed by atoms with Crippen LogP contribution in [0.3, 0.4) is 0 Å². The predicted molar refractivity (Wildman–Crippen MR) is 96.6 cm³/mol. The number of hydrogen-bond donors (Lipinski definition) is 3. The number of aromatic nitrogens is 2. The highest BCUT2D eigenvalue weighted by Crippen LogP contribution is 2.35. The highest BCUT2D eigenvalue weighted by Gasteiger charge is 2.36. The maximum atomic E-state index is 14.7. The van der Waals surface area contributed by atoms with Gasteiger partial charge < -0.3 is 15.4 Å². The zero-order valence-corrected chi connectivity index (χ0v) is 15.0. The molecule has 0 saturated heterocycles. The van der Waals surface area contributed by atoms with Crippen LogP contribution < -0.4 is 5.32 Å². The number of nitrogens with one attached hydrogen (secondary N) is 2. The largest absolute Gasteiger partial charge is 0.478 e. The molecule has 1 aromatic heterocycles. The van der Waals surface area contributed by atoms with Gasteiger partial charge in [0.2, 0.25) is 0 Å². The first kappa shape index (κ1) is 17.7. The fraction of sp³-hybridized carbons (Fsp3) is 0.200. The monoisotopic (exact) mass is 449 g/mol. The number of anilines is 1. The van der Waals surface area contributed by atoms with Gasteiger partial charge in [-0.1, -0.05) is 0 Å². The molecule has 8 heteroatoms. The average molecular weight is 450 g/mol. The first-order valence-corrected chi connectivity index (χ1v) is 7.70. The fourth-order valence-electron chi connectivity index (χ4n) is 2.51. The van der Waals surface area contributed by atoms with E-state index in [1.54, 1.807) is 0 Å². The molecule has 1 aliphatic rings. The number of benzene rings is 1. The third kappa shape index (κ3) is 3.35. The summed E-state index contributed by atoms with van der Waals surface area (Å²) in [4.78, 5) is 18.1. The van der Waals surface area contributed by atoms with Crippen molar-refractivity contribution in [2.45, 2.75) is 19.1 Å². The first-order chi connectivity index (χ1) is 10.5. The Balaban J connectivity index is 0.00000192. The molecule has 2 unspecified atom stereocenters. The molecule has 0 fully saturated rings. The summed E-state index contributed by atoms with van der Waals surface area (Å²) in [5.74, 6) is -1.16. The molecular weight excluding hydrogens is 436 g/mol. The van der Waals surface area contributed by atoms with Crippen molar-refractivity contribution in [1.82, 2.24) is 9.97 Å². The number of imidazole rings is 1. The van der Waals surface area contributed by atoms with Crippen molar-refractivity contribution in [3.8, 4) is 0 Å². The van der Waals surface area contributed by atoms with Crippen LogP contribution in [0.25, 0.3) is 6.08 Å². The lowest BCUT2D eigenvalue weighted by Crippen LogP contribution is -2.34. The van der Waals surface area contributed by atoms with Crippen LogP contribution in [0.5, 0.6) is 0 Å². The standard InChI is InChI=1S/C15H13FIN3O2.ClH/c1-7-4-8(17)2-3-10(7)20-13-9(15(21)22)5-11-14(12(13)16)19-6-18-11;/h2-6,12-13,20H,1H3,(H,18,19)(H,21,22);1H. The van der Waals surface area contributed by atoms with Gasteiger partial charge in [0.25, 0.3) is 0 Å². The molecule has 0 bridgehead atoms. The minimum Gasteiger partial charge on any atom is -0.478 e. The van der Waals surface area contributed by atoms with Crippen molar-refractivity contribution in [2.24, 2.45) is 0 Å². The lowest BCUT2D eigenvalue weighted by atomic mass is 9.92. The third-order valence-electron chi connectivity index (χ3n) is 3.64. The van der Waals surface area contributed by atoms with Crippen molar-refractivity contribution in [3.63, 3.8) is 0 Å². The summed E-state index contributed by atoms with van der Waals surface area (Å²) in [5, 5.41) is 12.4. The molecule has 5 nitrogen and oxygen atoms in total. The third-order valence-corrected chi connectivity index (χ3v) is 4.31. The number of halogens is 3. The maximum absolute atomic E-state index is 14.7. The molecule has 1 aromatic carbocycles. The van der Waals surface area contributed by atoms with Gasteiger partial charge in [0, 0.05) is 9.26 Å². The van der Waals surface area contributed by atoms with Gasteiger partial charge >= 0.3 is 5.97 Å². The average Bonchev–Trinajstić information content (AvgIpc) is 2.92. The molecule has 2 atom stereocenters. The molecule has 3 rings (SSSR count). The minimum absolute atomic E-state index is 0. The minimum atomic E-state index is -1.51. The Kier molecular flexibility index (Phi) is 5.30. The summed E-state index contributed by atoms with van der Waals surface area (Å²) in [5.41, 5.74) is 2.24. The normalized spacial score (nSPS) is 19.3. The Morgan fingerprint density at radius 3 is 2.87 bits per heavy atom. The number of alkyl halides is 1. The zero-order valence-electron chi connectivity index (χ0n) is 12.0. The van der Waals surface area contributed by atoms with Crippen molar-refractivity contribution in [1.29, 1.82) is 0 Å². The van der Waals surface area contributed by atoms with E-state index >= 15 is 0 Å². The number of aromatic amines is 1. The number of hydrogen-bond acceptors (Lipinski definition) is 3. The van der Waals surface area contributed by atoms with Crippen LogP contribution >= 0.6 is 35.0 Å². The molecule has 23 heavy (non-hydrogen) atoms. The SMILES string of the molecule is Cc1cc(I)ccc1NC1C(C(=O)O)=Cc2nc[nH]c2C1F.Cl. The Hall–Kier alpha value is -1.61. The number of carbonyl (C=O) groups is 1. The number of fused-ring (bicyclic) bond motifs is 1. The van der Waals surface area contributed by atoms with Crippen LogP contribution in [-0.2, 0) is 4.79 Å². The molecule has 2 aromatic rings. The van der Waals surface area contributed by atoms with E-state index in [2.05, 4.69) is 37.9 Å². The zero-order chi connectivity index (χ0) is 15.9. The van der Waals surface area contributed by atoms with E-state index in [0.29, 0.717) is 17.1 Å². The smallest absolute Gasteiger partial charge is 0.333 e. The van der Waals surface area contributed by atoms with Crippen LogP contribution in [0.1, 0.15) is 23.1 Å². The van der Waals surface area contributed by atoms with Gasteiger partial charge in [-0.2, -0.15) is 0 Å². The summed E-state index contributed by atoms with van der Waals surface area (Å²) in [6.07, 6.45) is 1.27. The molecule has 0 saturated carbocycles. The summed E-state index contributed by atoms with van der Waals surface area (Å²) >= 11 is 2.19. The van der Waals surface area contributed by atoms with Crippen molar-refractivity contribution >= 4 is 52.7 Å². The van der Waals surface area contributed by atoms with Gasteiger partial charge in [-0.25, -0.2) is 14.2 Å². The fourth-order valence-corrected chi connectivity index (χ4v) is 3.16. The highest BCUT2D eigenvalue weighted by molar-refractivity contribution is 14.1. The lowest BCUT2D eigenvalue weighted by Gasteiger charge is -2.27. The van der Waals surface area contributed by atoms with Crippen LogP contribution in [0.15, 0.2) is 30.1 Å². The molecule has 122 valence electrons. The second-order valence-corrected chi connectivity index (χ2v) is 6.33. The Bertz CT molecular complexity index is 778. The molecule has 0 radical (unpaired) electrons. The Morgan fingerprint density at radius 2 is 2.22 bits per heavy atom. The Morgan fingerprint density at radius 1 is 1.48 bits per heavy atom. The van der Waals surface area contributed by atoms with E-state index in [1.165, 1.54) is 12.4 Å². The van der Waals surface area contributed by atoms with Crippen LogP contribution in [0, 0.1) is 10.5 Å². The summed E-state index contributed by atoms with van der Waals surface area (Å²) in [6.45, 7) is 1.90. The van der Waals surface area contributed by atoms with E-state index in [9.17, 15) is 14.3 Å². The topological polar surface area (TPSA) is 78.0 Å². The van der Waals surface area contributed by atoms with E-state index < -0.39 is 18.2 Å². The van der Waals surface area contributed by atoms with Gasteiger partial charge in [0.15, 0.2) is 6.17 Å². The van der Waals surface area contributed by atoms with E-state index in [1.807, 2.05) is 25.1 Å². The molecule has 1 heterocycles. The summed E-state index contributed by atoms with van der Waals surface area (Å²) in [7, 11) is 0. The van der Waals surface area contributed by atoms with Gasteiger partial charge in [0.1, 0.15) is 0 Å². The molecule has 0 amide bonds. The Labute approximate surface area is 151 Å². The van der Waals surface area contributed by atoms with Crippen LogP contribution in [0.2, 0.25) is 0 Å². The van der Waals surface area contributed by atoms with Crippen LogP contribution in [0.4, 0.5) is 10.1 Å².